The fourth-order valence-electron chi connectivity index (χ4n) is 4.84. The van der Waals surface area contributed by atoms with Crippen molar-refractivity contribution in [3.05, 3.63) is 59.7 Å². The Morgan fingerprint density at radius 1 is 1.12 bits per heavy atom. The Morgan fingerprint density at radius 2 is 1.73 bits per heavy atom. The van der Waals surface area contributed by atoms with E-state index in [4.69, 9.17) is 4.74 Å². The van der Waals surface area contributed by atoms with E-state index in [9.17, 15) is 19.5 Å². The number of carbonyl (C=O) groups is 3. The van der Waals surface area contributed by atoms with E-state index >= 15 is 0 Å². The van der Waals surface area contributed by atoms with Gasteiger partial charge >= 0.3 is 12.1 Å². The summed E-state index contributed by atoms with van der Waals surface area (Å²) >= 11 is 0. The highest BCUT2D eigenvalue weighted by molar-refractivity contribution is 5.89. The molecule has 1 fully saturated rings. The highest BCUT2D eigenvalue weighted by Gasteiger charge is 2.36. The number of alkyl carbamates (subject to hydrolysis) is 1. The molecule has 33 heavy (non-hydrogen) atoms. The first kappa shape index (κ1) is 22.8. The number of carbonyl (C=O) groups excluding carboxylic acids is 2. The highest BCUT2D eigenvalue weighted by Crippen LogP contribution is 2.44. The van der Waals surface area contributed by atoms with Gasteiger partial charge in [-0.2, -0.15) is 0 Å². The van der Waals surface area contributed by atoms with Crippen molar-refractivity contribution < 1.29 is 24.2 Å². The van der Waals surface area contributed by atoms with Crippen molar-refractivity contribution in [3.8, 4) is 11.1 Å². The summed E-state index contributed by atoms with van der Waals surface area (Å²) in [6, 6.07) is 14.7. The van der Waals surface area contributed by atoms with Gasteiger partial charge in [-0.05, 0) is 42.6 Å². The molecule has 2 aromatic carbocycles. The van der Waals surface area contributed by atoms with Crippen LogP contribution >= 0.6 is 0 Å². The maximum absolute atomic E-state index is 12.8. The van der Waals surface area contributed by atoms with Crippen molar-refractivity contribution in [1.29, 1.82) is 0 Å². The number of hydrogen-bond acceptors (Lipinski definition) is 5. The molecule has 0 spiro atoms. The fraction of sp³-hybridized carbons (Fsp3) is 0.400. The number of likely N-dealkylation sites (N-methyl/N-ethyl adjacent to an activating group) is 1. The van der Waals surface area contributed by atoms with Crippen LogP contribution in [0.1, 0.15) is 36.8 Å². The number of benzene rings is 2. The molecule has 0 radical (unpaired) electrons. The molecule has 2 aliphatic rings. The van der Waals surface area contributed by atoms with Crippen molar-refractivity contribution in [2.75, 3.05) is 26.7 Å². The van der Waals surface area contributed by atoms with Crippen LogP contribution in [0.2, 0.25) is 0 Å². The topological polar surface area (TPSA) is 108 Å². The van der Waals surface area contributed by atoms with Crippen LogP contribution in [0.4, 0.5) is 4.79 Å². The van der Waals surface area contributed by atoms with Gasteiger partial charge in [0.15, 0.2) is 0 Å². The number of carboxylic acid groups (broad SMARTS) is 1. The van der Waals surface area contributed by atoms with Crippen molar-refractivity contribution in [2.45, 2.75) is 37.3 Å². The molecule has 1 saturated heterocycles. The van der Waals surface area contributed by atoms with Gasteiger partial charge in [-0.25, -0.2) is 4.79 Å². The van der Waals surface area contributed by atoms with E-state index in [1.165, 1.54) is 0 Å². The molecular weight excluding hydrogens is 422 g/mol. The average molecular weight is 452 g/mol. The number of aliphatic carboxylic acids is 1. The van der Waals surface area contributed by atoms with E-state index in [-0.39, 0.29) is 12.5 Å². The highest BCUT2D eigenvalue weighted by atomic mass is 16.5. The summed E-state index contributed by atoms with van der Waals surface area (Å²) in [5.41, 5.74) is 3.90. The summed E-state index contributed by atoms with van der Waals surface area (Å²) in [5, 5.41) is 14.6. The van der Waals surface area contributed by atoms with E-state index < -0.39 is 36.0 Å². The molecule has 0 saturated carbocycles. The molecule has 1 aliphatic carbocycles. The van der Waals surface area contributed by atoms with Gasteiger partial charge in [0.2, 0.25) is 5.91 Å². The molecule has 4 rings (SSSR count). The molecule has 0 aromatic heterocycles. The van der Waals surface area contributed by atoms with Crippen LogP contribution in [-0.2, 0) is 14.3 Å². The van der Waals surface area contributed by atoms with Crippen LogP contribution in [0, 0.1) is 0 Å². The van der Waals surface area contributed by atoms with Gasteiger partial charge in [-0.3, -0.25) is 9.59 Å². The molecule has 1 heterocycles. The predicted molar refractivity (Wildman–Crippen MR) is 123 cm³/mol. The quantitative estimate of drug-likeness (QED) is 0.597. The van der Waals surface area contributed by atoms with Gasteiger partial charge in [0.05, 0.1) is 12.0 Å². The number of nitrogens with zero attached hydrogens (tertiary/aromatic N) is 1. The number of carboxylic acids is 1. The van der Waals surface area contributed by atoms with Gasteiger partial charge in [0.1, 0.15) is 12.6 Å². The standard InChI is InChI=1S/C25H29N3O5/c1-25(11-12-28(2)15-25)27-23(31)21(13-22(29)30)26-24(32)33-14-20-18-9-5-3-7-16(18)17-8-4-6-10-19(17)20/h3-10,20-21H,11-15H2,1-2H3,(H,26,32)(H,27,31)(H,29,30). The van der Waals surface area contributed by atoms with E-state index in [2.05, 4.69) is 15.5 Å². The third kappa shape index (κ3) is 5.01. The maximum atomic E-state index is 12.8. The Balaban J connectivity index is 1.41. The molecule has 174 valence electrons. The van der Waals surface area contributed by atoms with Gasteiger partial charge < -0.3 is 25.4 Å². The minimum absolute atomic E-state index is 0.0871. The molecule has 2 unspecified atom stereocenters. The van der Waals surface area contributed by atoms with Crippen molar-refractivity contribution in [2.24, 2.45) is 0 Å². The van der Waals surface area contributed by atoms with Crippen LogP contribution in [0.25, 0.3) is 11.1 Å². The van der Waals surface area contributed by atoms with E-state index in [1.807, 2.05) is 62.5 Å². The Kier molecular flexibility index (Phi) is 6.37. The molecule has 8 heteroatoms. The molecule has 2 amide bonds. The molecule has 0 bridgehead atoms. The second-order valence-corrected chi connectivity index (χ2v) is 9.16. The molecular formula is C25H29N3O5. The number of amides is 2. The van der Waals surface area contributed by atoms with Crippen LogP contribution in [0.3, 0.4) is 0 Å². The van der Waals surface area contributed by atoms with Crippen LogP contribution < -0.4 is 10.6 Å². The third-order valence-corrected chi connectivity index (χ3v) is 6.42. The monoisotopic (exact) mass is 451 g/mol. The molecule has 2 atom stereocenters. The van der Waals surface area contributed by atoms with Crippen LogP contribution in [0.15, 0.2) is 48.5 Å². The summed E-state index contributed by atoms with van der Waals surface area (Å²) in [5.74, 6) is -1.82. The largest absolute Gasteiger partial charge is 0.481 e. The van der Waals surface area contributed by atoms with Crippen molar-refractivity contribution in [1.82, 2.24) is 15.5 Å². The lowest BCUT2D eigenvalue weighted by atomic mass is 9.98. The number of ether oxygens (including phenoxy) is 1. The molecule has 3 N–H and O–H groups in total. The second-order valence-electron chi connectivity index (χ2n) is 9.16. The van der Waals surface area contributed by atoms with E-state index in [0.29, 0.717) is 6.54 Å². The number of hydrogen-bond donors (Lipinski definition) is 3. The lowest BCUT2D eigenvalue weighted by Gasteiger charge is -2.28. The van der Waals surface area contributed by atoms with Crippen LogP contribution in [0.5, 0.6) is 0 Å². The summed E-state index contributed by atoms with van der Waals surface area (Å²) in [4.78, 5) is 38.8. The Hall–Kier alpha value is -3.39. The zero-order valence-corrected chi connectivity index (χ0v) is 18.8. The first-order chi connectivity index (χ1) is 15.8. The zero-order valence-electron chi connectivity index (χ0n) is 18.8. The van der Waals surface area contributed by atoms with Gasteiger partial charge in [0.25, 0.3) is 0 Å². The number of likely N-dealkylation sites (tertiary alicyclic amines) is 1. The minimum atomic E-state index is -1.22. The maximum Gasteiger partial charge on any atom is 0.407 e. The number of fused-ring (bicyclic) bond motifs is 3. The number of nitrogens with one attached hydrogen (secondary N) is 2. The first-order valence-corrected chi connectivity index (χ1v) is 11.1. The summed E-state index contributed by atoms with van der Waals surface area (Å²) in [7, 11) is 1.96. The Morgan fingerprint density at radius 3 is 2.27 bits per heavy atom. The zero-order chi connectivity index (χ0) is 23.6. The number of rotatable bonds is 7. The fourth-order valence-corrected chi connectivity index (χ4v) is 4.84. The van der Waals surface area contributed by atoms with Gasteiger partial charge in [0, 0.05) is 19.0 Å². The third-order valence-electron chi connectivity index (χ3n) is 6.42. The van der Waals surface area contributed by atoms with Crippen molar-refractivity contribution >= 4 is 18.0 Å². The smallest absolute Gasteiger partial charge is 0.407 e. The summed E-state index contributed by atoms with van der Waals surface area (Å²) in [6.07, 6.45) is -0.589. The lowest BCUT2D eigenvalue weighted by molar-refractivity contribution is -0.140. The molecule has 1 aliphatic heterocycles. The van der Waals surface area contributed by atoms with E-state index in [0.717, 1.165) is 35.2 Å². The van der Waals surface area contributed by atoms with Gasteiger partial charge in [-0.1, -0.05) is 48.5 Å². The van der Waals surface area contributed by atoms with Crippen molar-refractivity contribution in [3.63, 3.8) is 0 Å². The first-order valence-electron chi connectivity index (χ1n) is 11.1. The Labute approximate surface area is 192 Å². The SMILES string of the molecule is CN1CCC(C)(NC(=O)C(CC(=O)O)NC(=O)OCC2c3ccccc3-c3ccccc32)C1. The minimum Gasteiger partial charge on any atom is -0.481 e. The molecule has 8 nitrogen and oxygen atoms in total. The molecule has 2 aromatic rings. The predicted octanol–water partition coefficient (Wildman–Crippen LogP) is 2.58. The lowest BCUT2D eigenvalue weighted by Crippen LogP contribution is -2.55. The average Bonchev–Trinajstić information content (AvgIpc) is 3.28. The second kappa shape index (κ2) is 9.23. The Bertz CT molecular complexity index is 1030. The van der Waals surface area contributed by atoms with Crippen LogP contribution in [-0.4, -0.2) is 66.3 Å². The summed E-state index contributed by atoms with van der Waals surface area (Å²) < 4.78 is 5.48. The van der Waals surface area contributed by atoms with E-state index in [1.54, 1.807) is 0 Å². The normalized spacial score (nSPS) is 20.5. The van der Waals surface area contributed by atoms with Gasteiger partial charge in [-0.15, -0.1) is 0 Å². The summed E-state index contributed by atoms with van der Waals surface area (Å²) in [6.45, 7) is 3.49.